The molecule has 6 heteroatoms. The molecule has 0 aliphatic rings. The number of anilines is 1. The van der Waals surface area contributed by atoms with Crippen LogP contribution in [0.2, 0.25) is 0 Å². The third kappa shape index (κ3) is 4.69. The van der Waals surface area contributed by atoms with Gasteiger partial charge in [-0.05, 0) is 24.3 Å². The molecule has 0 aliphatic carbocycles. The lowest BCUT2D eigenvalue weighted by molar-refractivity contribution is 0.0903. The molecule has 0 saturated carbocycles. The lowest BCUT2D eigenvalue weighted by atomic mass is 10.1. The van der Waals surface area contributed by atoms with E-state index in [9.17, 15) is 14.7 Å². The summed E-state index contributed by atoms with van der Waals surface area (Å²) in [6, 6.07) is 12.0. The molecule has 23 heavy (non-hydrogen) atoms. The Morgan fingerprint density at radius 3 is 2.74 bits per heavy atom. The number of nitrogens with zero attached hydrogens (tertiary/aromatic N) is 2. The van der Waals surface area contributed by atoms with Gasteiger partial charge in [0.05, 0.1) is 12.6 Å². The summed E-state index contributed by atoms with van der Waals surface area (Å²) in [5.41, 5.74) is 1.27. The van der Waals surface area contributed by atoms with E-state index in [2.05, 4.69) is 5.32 Å². The van der Waals surface area contributed by atoms with Gasteiger partial charge >= 0.3 is 0 Å². The average Bonchev–Trinajstić information content (AvgIpc) is 2.55. The van der Waals surface area contributed by atoms with Gasteiger partial charge in [0.15, 0.2) is 0 Å². The molecule has 0 saturated heterocycles. The predicted octanol–water partition coefficient (Wildman–Crippen LogP) is 0.705. The average molecular weight is 315 g/mol. The van der Waals surface area contributed by atoms with E-state index in [1.807, 2.05) is 31.1 Å². The number of carbonyl (C=O) groups is 1. The van der Waals surface area contributed by atoms with E-state index in [1.54, 1.807) is 30.5 Å². The van der Waals surface area contributed by atoms with Crippen LogP contribution in [-0.4, -0.2) is 42.3 Å². The SMILES string of the molecule is CN(C)c1cccc(C(=O)NCC(O)Cn2ccccc2=O)c1. The molecular weight excluding hydrogens is 294 g/mol. The van der Waals surface area contributed by atoms with Crippen molar-refractivity contribution in [3.63, 3.8) is 0 Å². The maximum atomic E-state index is 12.1. The Balaban J connectivity index is 1.92. The maximum Gasteiger partial charge on any atom is 0.251 e. The van der Waals surface area contributed by atoms with E-state index in [0.717, 1.165) is 5.69 Å². The number of aromatic nitrogens is 1. The molecule has 2 rings (SSSR count). The minimum Gasteiger partial charge on any atom is -0.389 e. The van der Waals surface area contributed by atoms with E-state index >= 15 is 0 Å². The fourth-order valence-corrected chi connectivity index (χ4v) is 2.14. The zero-order valence-electron chi connectivity index (χ0n) is 13.3. The number of benzene rings is 1. The summed E-state index contributed by atoms with van der Waals surface area (Å²) in [5, 5.41) is 12.7. The van der Waals surface area contributed by atoms with Gasteiger partial charge in [0, 0.05) is 44.2 Å². The lowest BCUT2D eigenvalue weighted by Crippen LogP contribution is -2.36. The number of hydrogen-bond acceptors (Lipinski definition) is 4. The van der Waals surface area contributed by atoms with Crippen molar-refractivity contribution in [3.05, 3.63) is 64.6 Å². The Kier molecular flexibility index (Phi) is 5.54. The van der Waals surface area contributed by atoms with Crippen LogP contribution >= 0.6 is 0 Å². The Bertz CT molecular complexity index is 725. The van der Waals surface area contributed by atoms with E-state index in [1.165, 1.54) is 10.6 Å². The summed E-state index contributed by atoms with van der Waals surface area (Å²) in [6.45, 7) is 0.212. The van der Waals surface area contributed by atoms with Gasteiger partial charge in [-0.2, -0.15) is 0 Å². The maximum absolute atomic E-state index is 12.1. The molecule has 1 unspecified atom stereocenters. The molecule has 1 amide bonds. The van der Waals surface area contributed by atoms with Crippen LogP contribution < -0.4 is 15.8 Å². The first-order valence-electron chi connectivity index (χ1n) is 7.36. The van der Waals surface area contributed by atoms with Crippen molar-refractivity contribution in [2.24, 2.45) is 0 Å². The Morgan fingerprint density at radius 1 is 1.26 bits per heavy atom. The number of nitrogens with one attached hydrogen (secondary N) is 1. The second-order valence-corrected chi connectivity index (χ2v) is 5.50. The summed E-state index contributed by atoms with van der Waals surface area (Å²) in [5.74, 6) is -0.256. The molecule has 1 aromatic carbocycles. The molecular formula is C17H21N3O3. The Hall–Kier alpha value is -2.60. The summed E-state index contributed by atoms with van der Waals surface area (Å²) in [7, 11) is 3.80. The Morgan fingerprint density at radius 2 is 2.04 bits per heavy atom. The summed E-state index contributed by atoms with van der Waals surface area (Å²) < 4.78 is 1.41. The van der Waals surface area contributed by atoms with E-state index in [-0.39, 0.29) is 24.6 Å². The van der Waals surface area contributed by atoms with Crippen LogP contribution in [0, 0.1) is 0 Å². The lowest BCUT2D eigenvalue weighted by Gasteiger charge is -2.15. The highest BCUT2D eigenvalue weighted by Crippen LogP contribution is 2.13. The van der Waals surface area contributed by atoms with Gasteiger partial charge in [-0.25, -0.2) is 0 Å². The molecule has 1 aromatic heterocycles. The largest absolute Gasteiger partial charge is 0.389 e. The molecule has 1 atom stereocenters. The number of rotatable bonds is 6. The topological polar surface area (TPSA) is 74.6 Å². The highest BCUT2D eigenvalue weighted by Gasteiger charge is 2.11. The third-order valence-corrected chi connectivity index (χ3v) is 3.43. The van der Waals surface area contributed by atoms with Crippen molar-refractivity contribution < 1.29 is 9.90 Å². The number of hydrogen-bond donors (Lipinski definition) is 2. The predicted molar refractivity (Wildman–Crippen MR) is 89.8 cm³/mol. The van der Waals surface area contributed by atoms with Crippen LogP contribution in [0.3, 0.4) is 0 Å². The molecule has 2 aromatic rings. The van der Waals surface area contributed by atoms with E-state index in [0.29, 0.717) is 5.56 Å². The van der Waals surface area contributed by atoms with Gasteiger partial charge in [-0.1, -0.05) is 12.1 Å². The highest BCUT2D eigenvalue weighted by atomic mass is 16.3. The van der Waals surface area contributed by atoms with Crippen molar-refractivity contribution in [3.8, 4) is 0 Å². The van der Waals surface area contributed by atoms with Crippen LogP contribution in [0.4, 0.5) is 5.69 Å². The second kappa shape index (κ2) is 7.60. The first kappa shape index (κ1) is 16.8. The molecule has 122 valence electrons. The number of aliphatic hydroxyl groups is 1. The van der Waals surface area contributed by atoms with Gasteiger partial charge < -0.3 is 19.9 Å². The van der Waals surface area contributed by atoms with Crippen molar-refractivity contribution in [1.82, 2.24) is 9.88 Å². The smallest absolute Gasteiger partial charge is 0.251 e. The van der Waals surface area contributed by atoms with Crippen molar-refractivity contribution in [2.75, 3.05) is 25.5 Å². The van der Waals surface area contributed by atoms with Gasteiger partial charge in [-0.15, -0.1) is 0 Å². The fourth-order valence-electron chi connectivity index (χ4n) is 2.14. The fraction of sp³-hybridized carbons (Fsp3) is 0.294. The molecule has 0 fully saturated rings. The summed E-state index contributed by atoms with van der Waals surface area (Å²) in [4.78, 5) is 25.6. The van der Waals surface area contributed by atoms with Crippen LogP contribution in [0.15, 0.2) is 53.5 Å². The zero-order valence-corrected chi connectivity index (χ0v) is 13.3. The first-order valence-corrected chi connectivity index (χ1v) is 7.36. The van der Waals surface area contributed by atoms with Gasteiger partial charge in [0.1, 0.15) is 0 Å². The van der Waals surface area contributed by atoms with Crippen molar-refractivity contribution >= 4 is 11.6 Å². The van der Waals surface area contributed by atoms with Gasteiger partial charge in [0.25, 0.3) is 11.5 Å². The number of amides is 1. The number of pyridine rings is 1. The van der Waals surface area contributed by atoms with Crippen molar-refractivity contribution in [2.45, 2.75) is 12.6 Å². The quantitative estimate of drug-likeness (QED) is 0.823. The zero-order chi connectivity index (χ0) is 16.8. The van der Waals surface area contributed by atoms with Gasteiger partial charge in [0.2, 0.25) is 0 Å². The molecule has 2 N–H and O–H groups in total. The minimum atomic E-state index is -0.837. The summed E-state index contributed by atoms with van der Waals surface area (Å²) in [6.07, 6.45) is 0.768. The number of aliphatic hydroxyl groups excluding tert-OH is 1. The van der Waals surface area contributed by atoms with E-state index < -0.39 is 6.10 Å². The first-order chi connectivity index (χ1) is 11.0. The van der Waals surface area contributed by atoms with Crippen LogP contribution in [-0.2, 0) is 6.54 Å². The van der Waals surface area contributed by atoms with Crippen LogP contribution in [0.25, 0.3) is 0 Å². The van der Waals surface area contributed by atoms with Crippen molar-refractivity contribution in [1.29, 1.82) is 0 Å². The van der Waals surface area contributed by atoms with Gasteiger partial charge in [-0.3, -0.25) is 9.59 Å². The second-order valence-electron chi connectivity index (χ2n) is 5.50. The monoisotopic (exact) mass is 315 g/mol. The highest BCUT2D eigenvalue weighted by molar-refractivity contribution is 5.95. The third-order valence-electron chi connectivity index (χ3n) is 3.43. The molecule has 0 spiro atoms. The van der Waals surface area contributed by atoms with E-state index in [4.69, 9.17) is 0 Å². The minimum absolute atomic E-state index is 0.0758. The molecule has 0 bridgehead atoms. The Labute approximate surface area is 135 Å². The number of carbonyl (C=O) groups excluding carboxylic acids is 1. The molecule has 0 aliphatic heterocycles. The van der Waals surface area contributed by atoms with Crippen LogP contribution in [0.1, 0.15) is 10.4 Å². The summed E-state index contributed by atoms with van der Waals surface area (Å²) >= 11 is 0. The molecule has 0 radical (unpaired) electrons. The normalized spacial score (nSPS) is 11.8. The standard InChI is InChI=1S/C17H21N3O3/c1-19(2)14-7-5-6-13(10-14)17(23)18-11-15(21)12-20-9-4-3-8-16(20)22/h3-10,15,21H,11-12H2,1-2H3,(H,18,23). The molecule has 1 heterocycles. The van der Waals surface area contributed by atoms with Crippen LogP contribution in [0.5, 0.6) is 0 Å². The molecule has 6 nitrogen and oxygen atoms in total.